The Hall–Kier alpha value is -1.35. The largest absolute Gasteiger partial charge is 0.425 e. The van der Waals surface area contributed by atoms with E-state index in [1.807, 2.05) is 0 Å². The van der Waals surface area contributed by atoms with E-state index in [1.54, 1.807) is 0 Å². The third-order valence-corrected chi connectivity index (χ3v) is 3.38. The van der Waals surface area contributed by atoms with Crippen LogP contribution in [-0.4, -0.2) is 16.1 Å². The predicted octanol–water partition coefficient (Wildman–Crippen LogP) is 2.73. The van der Waals surface area contributed by atoms with Crippen molar-refractivity contribution in [2.75, 3.05) is 5.88 Å². The monoisotopic (exact) mass is 248 g/mol. The van der Waals surface area contributed by atoms with Crippen LogP contribution in [0, 0.1) is 0 Å². The third-order valence-electron chi connectivity index (χ3n) is 3.19. The van der Waals surface area contributed by atoms with Gasteiger partial charge in [-0.1, -0.05) is 24.3 Å². The van der Waals surface area contributed by atoms with Gasteiger partial charge in [-0.15, -0.1) is 21.8 Å². The normalized spacial score (nSPS) is 15.1. The molecule has 1 aromatic heterocycles. The third kappa shape index (κ3) is 2.07. The second kappa shape index (κ2) is 4.49. The van der Waals surface area contributed by atoms with Crippen LogP contribution in [0.15, 0.2) is 28.7 Å². The van der Waals surface area contributed by atoms with E-state index in [-0.39, 0.29) is 0 Å². The maximum Gasteiger partial charge on any atom is 0.220 e. The van der Waals surface area contributed by atoms with E-state index in [1.165, 1.54) is 11.1 Å². The summed E-state index contributed by atoms with van der Waals surface area (Å²) in [6.07, 6.45) is 2.64. The van der Waals surface area contributed by atoms with Gasteiger partial charge in [0.2, 0.25) is 11.8 Å². The maximum absolute atomic E-state index is 5.65. The summed E-state index contributed by atoms with van der Waals surface area (Å²) in [4.78, 5) is 0. The minimum Gasteiger partial charge on any atom is -0.425 e. The van der Waals surface area contributed by atoms with Gasteiger partial charge in [-0.25, -0.2) is 0 Å². The van der Waals surface area contributed by atoms with Crippen LogP contribution in [0.3, 0.4) is 0 Å². The van der Waals surface area contributed by atoms with Crippen molar-refractivity contribution in [1.82, 2.24) is 10.2 Å². The average molecular weight is 249 g/mol. The molecule has 0 fully saturated rings. The zero-order valence-corrected chi connectivity index (χ0v) is 10.2. The molecule has 3 rings (SSSR count). The molecule has 1 aliphatic rings. The Balaban J connectivity index is 1.79. The standard InChI is InChI=1S/C13H13ClN2O/c14-6-5-12-15-16-13(17-12)11-7-9-3-1-2-4-10(9)8-11/h1-4,11H,5-8H2. The second-order valence-electron chi connectivity index (χ2n) is 4.35. The molecule has 0 saturated carbocycles. The Labute approximate surface area is 105 Å². The van der Waals surface area contributed by atoms with Gasteiger partial charge in [-0.2, -0.15) is 0 Å². The summed E-state index contributed by atoms with van der Waals surface area (Å²) < 4.78 is 5.63. The number of hydrogen-bond donors (Lipinski definition) is 0. The minimum absolute atomic E-state index is 0.337. The summed E-state index contributed by atoms with van der Waals surface area (Å²) >= 11 is 5.65. The average Bonchev–Trinajstić information content (AvgIpc) is 2.94. The molecule has 2 aromatic rings. The summed E-state index contributed by atoms with van der Waals surface area (Å²) in [7, 11) is 0. The Morgan fingerprint density at radius 2 is 1.88 bits per heavy atom. The number of aromatic nitrogens is 2. The smallest absolute Gasteiger partial charge is 0.220 e. The van der Waals surface area contributed by atoms with Crippen LogP contribution in [0.4, 0.5) is 0 Å². The van der Waals surface area contributed by atoms with E-state index in [0.717, 1.165) is 18.7 Å². The lowest BCUT2D eigenvalue weighted by Crippen LogP contribution is -1.97. The molecule has 3 nitrogen and oxygen atoms in total. The Bertz CT molecular complexity index is 499. The van der Waals surface area contributed by atoms with Gasteiger partial charge in [-0.05, 0) is 24.0 Å². The first-order valence-electron chi connectivity index (χ1n) is 5.82. The number of nitrogens with zero attached hydrogens (tertiary/aromatic N) is 2. The van der Waals surface area contributed by atoms with Gasteiger partial charge < -0.3 is 4.42 Å². The number of aryl methyl sites for hydroxylation is 1. The van der Waals surface area contributed by atoms with Gasteiger partial charge in [0, 0.05) is 18.2 Å². The van der Waals surface area contributed by atoms with E-state index >= 15 is 0 Å². The highest BCUT2D eigenvalue weighted by Crippen LogP contribution is 2.32. The predicted molar refractivity (Wildman–Crippen MR) is 65.3 cm³/mol. The van der Waals surface area contributed by atoms with Crippen molar-refractivity contribution in [1.29, 1.82) is 0 Å². The highest BCUT2D eigenvalue weighted by molar-refractivity contribution is 6.17. The number of rotatable bonds is 3. The van der Waals surface area contributed by atoms with Crippen LogP contribution in [0.1, 0.15) is 28.8 Å². The first kappa shape index (κ1) is 10.8. The Morgan fingerprint density at radius 1 is 1.18 bits per heavy atom. The topological polar surface area (TPSA) is 38.9 Å². The zero-order chi connectivity index (χ0) is 11.7. The molecule has 0 unspecified atom stereocenters. The second-order valence-corrected chi connectivity index (χ2v) is 4.72. The number of halogens is 1. The highest BCUT2D eigenvalue weighted by atomic mass is 35.5. The van der Waals surface area contributed by atoms with Gasteiger partial charge >= 0.3 is 0 Å². The molecule has 0 saturated heterocycles. The molecule has 4 heteroatoms. The first-order valence-corrected chi connectivity index (χ1v) is 6.35. The van der Waals surface area contributed by atoms with Gasteiger partial charge in [0.15, 0.2) is 0 Å². The lowest BCUT2D eigenvalue weighted by molar-refractivity contribution is 0.422. The van der Waals surface area contributed by atoms with Crippen molar-refractivity contribution in [2.24, 2.45) is 0 Å². The number of alkyl halides is 1. The van der Waals surface area contributed by atoms with Crippen molar-refractivity contribution < 1.29 is 4.42 Å². The summed E-state index contributed by atoms with van der Waals surface area (Å²) in [5.41, 5.74) is 2.80. The van der Waals surface area contributed by atoms with Crippen LogP contribution in [0.5, 0.6) is 0 Å². The van der Waals surface area contributed by atoms with E-state index in [2.05, 4.69) is 34.5 Å². The van der Waals surface area contributed by atoms with Crippen LogP contribution in [-0.2, 0) is 19.3 Å². The minimum atomic E-state index is 0.337. The van der Waals surface area contributed by atoms with Crippen molar-refractivity contribution in [2.45, 2.75) is 25.2 Å². The molecule has 17 heavy (non-hydrogen) atoms. The van der Waals surface area contributed by atoms with E-state index in [0.29, 0.717) is 24.1 Å². The van der Waals surface area contributed by atoms with Crippen molar-refractivity contribution in [3.63, 3.8) is 0 Å². The molecule has 0 aliphatic heterocycles. The van der Waals surface area contributed by atoms with Crippen molar-refractivity contribution in [3.05, 3.63) is 47.2 Å². The molecule has 1 heterocycles. The molecule has 0 amide bonds. The molecular weight excluding hydrogens is 236 g/mol. The number of benzene rings is 1. The highest BCUT2D eigenvalue weighted by Gasteiger charge is 2.26. The molecule has 88 valence electrons. The maximum atomic E-state index is 5.65. The van der Waals surface area contributed by atoms with Gasteiger partial charge in [-0.3, -0.25) is 0 Å². The summed E-state index contributed by atoms with van der Waals surface area (Å²) in [5, 5.41) is 8.14. The summed E-state index contributed by atoms with van der Waals surface area (Å²) in [5.74, 6) is 2.25. The molecular formula is C13H13ClN2O. The molecule has 1 aromatic carbocycles. The van der Waals surface area contributed by atoms with Crippen molar-refractivity contribution in [3.8, 4) is 0 Å². The molecule has 0 spiro atoms. The lowest BCUT2D eigenvalue weighted by Gasteiger charge is -2.00. The lowest BCUT2D eigenvalue weighted by atomic mass is 10.1. The van der Waals surface area contributed by atoms with Gasteiger partial charge in [0.1, 0.15) is 0 Å². The fourth-order valence-electron chi connectivity index (χ4n) is 2.35. The van der Waals surface area contributed by atoms with Crippen LogP contribution in [0.2, 0.25) is 0 Å². The number of fused-ring (bicyclic) bond motifs is 1. The molecule has 0 N–H and O–H groups in total. The molecule has 0 bridgehead atoms. The van der Waals surface area contributed by atoms with Crippen LogP contribution >= 0.6 is 11.6 Å². The van der Waals surface area contributed by atoms with Crippen molar-refractivity contribution >= 4 is 11.6 Å². The van der Waals surface area contributed by atoms with Gasteiger partial charge in [0.05, 0.1) is 0 Å². The number of hydrogen-bond acceptors (Lipinski definition) is 3. The summed E-state index contributed by atoms with van der Waals surface area (Å²) in [6, 6.07) is 8.50. The van der Waals surface area contributed by atoms with Crippen LogP contribution in [0.25, 0.3) is 0 Å². The van der Waals surface area contributed by atoms with Crippen LogP contribution < -0.4 is 0 Å². The Kier molecular flexibility index (Phi) is 2.85. The SMILES string of the molecule is ClCCc1nnc(C2Cc3ccccc3C2)o1. The van der Waals surface area contributed by atoms with Gasteiger partial charge in [0.25, 0.3) is 0 Å². The zero-order valence-electron chi connectivity index (χ0n) is 9.40. The first-order chi connectivity index (χ1) is 8.36. The molecule has 0 radical (unpaired) electrons. The van der Waals surface area contributed by atoms with E-state index in [4.69, 9.17) is 16.0 Å². The van der Waals surface area contributed by atoms with E-state index in [9.17, 15) is 0 Å². The fourth-order valence-corrected chi connectivity index (χ4v) is 2.51. The molecule has 0 atom stereocenters. The molecule has 1 aliphatic carbocycles. The fraction of sp³-hybridized carbons (Fsp3) is 0.385. The van der Waals surface area contributed by atoms with E-state index < -0.39 is 0 Å². The summed E-state index contributed by atoms with van der Waals surface area (Å²) in [6.45, 7) is 0. The quantitative estimate of drug-likeness (QED) is 0.784. The Morgan fingerprint density at radius 3 is 2.53 bits per heavy atom.